The molecule has 144 valence electrons. The van der Waals surface area contributed by atoms with Crippen molar-refractivity contribution >= 4 is 27.4 Å². The lowest BCUT2D eigenvalue weighted by molar-refractivity contribution is -0.115. The number of benzene rings is 2. The van der Waals surface area contributed by atoms with Crippen LogP contribution in [0.25, 0.3) is 0 Å². The van der Waals surface area contributed by atoms with E-state index in [-0.39, 0.29) is 16.4 Å². The Morgan fingerprint density at radius 3 is 2.37 bits per heavy atom. The minimum Gasteiger partial charge on any atom is -0.495 e. The van der Waals surface area contributed by atoms with Gasteiger partial charge in [0.25, 0.3) is 0 Å². The molecule has 2 N–H and O–H groups in total. The summed E-state index contributed by atoms with van der Waals surface area (Å²) in [5.74, 6) is -0.476. The van der Waals surface area contributed by atoms with Gasteiger partial charge in [-0.25, -0.2) is 13.1 Å². The van der Waals surface area contributed by atoms with Crippen molar-refractivity contribution in [2.24, 2.45) is 0 Å². The number of ether oxygens (including phenoxy) is 1. The quantitative estimate of drug-likeness (QED) is 0.707. The fraction of sp³-hybridized carbons (Fsp3) is 0.263. The van der Waals surface area contributed by atoms with Gasteiger partial charge in [0, 0.05) is 11.3 Å². The molecule has 27 heavy (non-hydrogen) atoms. The molecule has 0 aliphatic heterocycles. The number of hydrogen-bond acceptors (Lipinski definition) is 5. The normalized spacial score (nSPS) is 11.1. The van der Waals surface area contributed by atoms with Crippen molar-refractivity contribution in [3.8, 4) is 5.75 Å². The van der Waals surface area contributed by atoms with Crippen LogP contribution in [0, 0.1) is 13.8 Å². The van der Waals surface area contributed by atoms with Crippen molar-refractivity contribution in [3.63, 3.8) is 0 Å². The van der Waals surface area contributed by atoms with E-state index in [4.69, 9.17) is 4.74 Å². The summed E-state index contributed by atoms with van der Waals surface area (Å²) in [6.45, 7) is 4.61. The smallest absolute Gasteiger partial charge is 0.244 e. The maximum absolute atomic E-state index is 12.6. The molecular formula is C19H22N2O5S. The molecule has 0 saturated heterocycles. The highest BCUT2D eigenvalue weighted by molar-refractivity contribution is 7.89. The summed E-state index contributed by atoms with van der Waals surface area (Å²) in [7, 11) is -2.55. The van der Waals surface area contributed by atoms with Crippen molar-refractivity contribution in [1.82, 2.24) is 4.72 Å². The van der Waals surface area contributed by atoms with Crippen molar-refractivity contribution in [2.45, 2.75) is 25.7 Å². The van der Waals surface area contributed by atoms with Crippen LogP contribution < -0.4 is 14.8 Å². The second-order valence-electron chi connectivity index (χ2n) is 6.10. The van der Waals surface area contributed by atoms with Crippen molar-refractivity contribution in [3.05, 3.63) is 53.1 Å². The van der Waals surface area contributed by atoms with Gasteiger partial charge in [0.15, 0.2) is 5.78 Å². The lowest BCUT2D eigenvalue weighted by Crippen LogP contribution is -2.33. The van der Waals surface area contributed by atoms with Gasteiger partial charge in [-0.3, -0.25) is 9.59 Å². The molecule has 1 amide bonds. The molecule has 0 saturated carbocycles. The topological polar surface area (TPSA) is 102 Å². The summed E-state index contributed by atoms with van der Waals surface area (Å²) < 4.78 is 32.5. The number of hydrogen-bond donors (Lipinski definition) is 2. The van der Waals surface area contributed by atoms with Crippen LogP contribution in [0.4, 0.5) is 5.69 Å². The van der Waals surface area contributed by atoms with E-state index in [1.807, 2.05) is 6.92 Å². The number of nitrogens with one attached hydrogen (secondary N) is 2. The third kappa shape index (κ3) is 5.15. The molecule has 2 aromatic rings. The van der Waals surface area contributed by atoms with Crippen LogP contribution in [-0.2, 0) is 14.8 Å². The summed E-state index contributed by atoms with van der Waals surface area (Å²) >= 11 is 0. The third-order valence-corrected chi connectivity index (χ3v) is 5.47. The van der Waals surface area contributed by atoms with E-state index in [2.05, 4.69) is 10.0 Å². The molecule has 0 aliphatic carbocycles. The second-order valence-corrected chi connectivity index (χ2v) is 7.83. The minimum atomic E-state index is -3.94. The van der Waals surface area contributed by atoms with Crippen molar-refractivity contribution < 1.29 is 22.7 Å². The summed E-state index contributed by atoms with van der Waals surface area (Å²) in [5.41, 5.74) is 2.56. The number of sulfonamides is 1. The highest BCUT2D eigenvalue weighted by Crippen LogP contribution is 2.27. The molecule has 0 heterocycles. The Kier molecular flexibility index (Phi) is 6.35. The monoisotopic (exact) mass is 390 g/mol. The average molecular weight is 390 g/mol. The van der Waals surface area contributed by atoms with E-state index in [9.17, 15) is 18.0 Å². The summed E-state index contributed by atoms with van der Waals surface area (Å²) in [4.78, 5) is 23.5. The lowest BCUT2D eigenvalue weighted by atomic mass is 10.1. The minimum absolute atomic E-state index is 0.0283. The van der Waals surface area contributed by atoms with Gasteiger partial charge in [-0.05, 0) is 56.2 Å². The molecule has 0 unspecified atom stereocenters. The largest absolute Gasteiger partial charge is 0.495 e. The number of rotatable bonds is 7. The Bertz CT molecular complexity index is 984. The highest BCUT2D eigenvalue weighted by atomic mass is 32.2. The molecular weight excluding hydrogens is 368 g/mol. The second kappa shape index (κ2) is 8.32. The van der Waals surface area contributed by atoms with E-state index in [0.717, 1.165) is 11.1 Å². The molecule has 0 fully saturated rings. The van der Waals surface area contributed by atoms with Crippen LogP contribution in [0.1, 0.15) is 28.4 Å². The highest BCUT2D eigenvalue weighted by Gasteiger charge is 2.21. The third-order valence-electron chi connectivity index (χ3n) is 4.05. The standard InChI is InChI=1S/C19H22N2O5S/c1-12-8-17(26-4)18(9-13(12)2)27(24,25)20-11-19(23)21-16-7-5-6-15(10-16)14(3)22/h5-10,20H,11H2,1-4H3,(H,21,23). The molecule has 0 bridgehead atoms. The zero-order valence-electron chi connectivity index (χ0n) is 15.6. The van der Waals surface area contributed by atoms with E-state index >= 15 is 0 Å². The predicted molar refractivity (Wildman–Crippen MR) is 103 cm³/mol. The summed E-state index contributed by atoms with van der Waals surface area (Å²) in [5, 5.41) is 2.56. The first-order valence-electron chi connectivity index (χ1n) is 8.20. The average Bonchev–Trinajstić information content (AvgIpc) is 2.62. The molecule has 0 aliphatic rings. The van der Waals surface area contributed by atoms with E-state index in [1.165, 1.54) is 26.2 Å². The van der Waals surface area contributed by atoms with E-state index in [1.54, 1.807) is 31.2 Å². The SMILES string of the molecule is COc1cc(C)c(C)cc1S(=O)(=O)NCC(=O)Nc1cccc(C(C)=O)c1. The molecule has 0 atom stereocenters. The maximum Gasteiger partial charge on any atom is 0.244 e. The number of methoxy groups -OCH3 is 1. The molecule has 0 aromatic heterocycles. The first kappa shape index (κ1) is 20.6. The Morgan fingerprint density at radius 1 is 1.07 bits per heavy atom. The van der Waals surface area contributed by atoms with E-state index < -0.39 is 22.5 Å². The summed E-state index contributed by atoms with van der Waals surface area (Å²) in [6.07, 6.45) is 0. The zero-order valence-corrected chi connectivity index (χ0v) is 16.4. The Hall–Kier alpha value is -2.71. The van der Waals surface area contributed by atoms with Gasteiger partial charge >= 0.3 is 0 Å². The van der Waals surface area contributed by atoms with Gasteiger partial charge in [0.05, 0.1) is 13.7 Å². The number of anilines is 1. The van der Waals surface area contributed by atoms with Gasteiger partial charge in [-0.15, -0.1) is 0 Å². The van der Waals surface area contributed by atoms with Crippen LogP contribution in [0.2, 0.25) is 0 Å². The zero-order chi connectivity index (χ0) is 20.2. The first-order chi connectivity index (χ1) is 12.6. The van der Waals surface area contributed by atoms with Crippen molar-refractivity contribution in [1.29, 1.82) is 0 Å². The number of amides is 1. The number of aryl methyl sites for hydroxylation is 2. The van der Waals surface area contributed by atoms with Gasteiger partial charge < -0.3 is 10.1 Å². The van der Waals surface area contributed by atoms with Crippen molar-refractivity contribution in [2.75, 3.05) is 19.0 Å². The van der Waals surface area contributed by atoms with Gasteiger partial charge in [0.2, 0.25) is 15.9 Å². The Balaban J connectivity index is 2.11. The van der Waals surface area contributed by atoms with Crippen LogP contribution >= 0.6 is 0 Å². The van der Waals surface area contributed by atoms with E-state index in [0.29, 0.717) is 11.3 Å². The summed E-state index contributed by atoms with van der Waals surface area (Å²) in [6, 6.07) is 9.55. The first-order valence-corrected chi connectivity index (χ1v) is 9.68. The lowest BCUT2D eigenvalue weighted by Gasteiger charge is -2.13. The fourth-order valence-electron chi connectivity index (χ4n) is 2.39. The fourth-order valence-corrected chi connectivity index (χ4v) is 3.61. The molecule has 2 aromatic carbocycles. The Morgan fingerprint density at radius 2 is 1.74 bits per heavy atom. The van der Waals surface area contributed by atoms with Gasteiger partial charge in [-0.2, -0.15) is 0 Å². The van der Waals surface area contributed by atoms with Crippen LogP contribution in [0.15, 0.2) is 41.3 Å². The van der Waals surface area contributed by atoms with Crippen LogP contribution in [-0.4, -0.2) is 33.8 Å². The molecule has 8 heteroatoms. The van der Waals surface area contributed by atoms with Crippen LogP contribution in [0.3, 0.4) is 0 Å². The van der Waals surface area contributed by atoms with Gasteiger partial charge in [-0.1, -0.05) is 12.1 Å². The Labute approximate surface area is 158 Å². The number of ketones is 1. The molecule has 2 rings (SSSR count). The molecule has 7 nitrogen and oxygen atoms in total. The maximum atomic E-state index is 12.6. The number of Topliss-reactive ketones (excluding diaryl/α,β-unsaturated/α-hetero) is 1. The number of carbonyl (C=O) groups excluding carboxylic acids is 2. The predicted octanol–water partition coefficient (Wildman–Crippen LogP) is 2.43. The van der Waals surface area contributed by atoms with Crippen LogP contribution in [0.5, 0.6) is 5.75 Å². The number of carbonyl (C=O) groups is 2. The van der Waals surface area contributed by atoms with Gasteiger partial charge in [0.1, 0.15) is 10.6 Å². The molecule has 0 spiro atoms. The molecule has 0 radical (unpaired) electrons.